The van der Waals surface area contributed by atoms with E-state index in [0.717, 1.165) is 38.5 Å². The summed E-state index contributed by atoms with van der Waals surface area (Å²) in [5.41, 5.74) is -0.287. The van der Waals surface area contributed by atoms with E-state index in [0.29, 0.717) is 11.5 Å². The van der Waals surface area contributed by atoms with Crippen LogP contribution in [0.2, 0.25) is 0 Å². The van der Waals surface area contributed by atoms with Gasteiger partial charge in [0.2, 0.25) is 5.82 Å². The molecule has 1 nitrogen and oxygen atoms in total. The molecule has 0 bridgehead atoms. The first kappa shape index (κ1) is 21.4. The Bertz CT molecular complexity index is 883. The Labute approximate surface area is 169 Å². The fourth-order valence-corrected chi connectivity index (χ4v) is 4.15. The van der Waals surface area contributed by atoms with Gasteiger partial charge in [0.25, 0.3) is 0 Å². The van der Waals surface area contributed by atoms with Crippen LogP contribution < -0.4 is 4.74 Å². The third-order valence-electron chi connectivity index (χ3n) is 5.83. The predicted molar refractivity (Wildman–Crippen MR) is 107 cm³/mol. The molecule has 1 aliphatic carbocycles. The van der Waals surface area contributed by atoms with Gasteiger partial charge in [-0.2, -0.15) is 4.39 Å². The van der Waals surface area contributed by atoms with Gasteiger partial charge in [-0.3, -0.25) is 0 Å². The molecule has 1 aliphatic rings. The Hall–Kier alpha value is -2.30. The zero-order valence-corrected chi connectivity index (χ0v) is 16.8. The highest BCUT2D eigenvalue weighted by molar-refractivity contribution is 5.66. The van der Waals surface area contributed by atoms with Gasteiger partial charge in [0.05, 0.1) is 7.11 Å². The lowest BCUT2D eigenvalue weighted by Crippen LogP contribution is -2.14. The molecule has 0 saturated heterocycles. The summed E-state index contributed by atoms with van der Waals surface area (Å²) in [5, 5.41) is 0. The molecule has 0 heterocycles. The molecule has 156 valence electrons. The summed E-state index contributed by atoms with van der Waals surface area (Å²) in [4.78, 5) is 0. The van der Waals surface area contributed by atoms with Crippen LogP contribution in [0.1, 0.15) is 56.9 Å². The molecule has 0 radical (unpaired) electrons. The third kappa shape index (κ3) is 4.49. The number of hydrogen-bond acceptors (Lipinski definition) is 1. The van der Waals surface area contributed by atoms with Crippen molar-refractivity contribution in [2.45, 2.75) is 51.4 Å². The fourth-order valence-electron chi connectivity index (χ4n) is 4.15. The van der Waals surface area contributed by atoms with E-state index in [-0.39, 0.29) is 22.8 Å². The van der Waals surface area contributed by atoms with Gasteiger partial charge in [-0.25, -0.2) is 13.2 Å². The lowest BCUT2D eigenvalue weighted by Gasteiger charge is -2.28. The minimum Gasteiger partial charge on any atom is -0.494 e. The number of hydrogen-bond donors (Lipinski definition) is 0. The van der Waals surface area contributed by atoms with Gasteiger partial charge in [-0.05, 0) is 68.1 Å². The fraction of sp³-hybridized carbons (Fsp3) is 0.417. The topological polar surface area (TPSA) is 9.23 Å². The van der Waals surface area contributed by atoms with E-state index in [9.17, 15) is 17.6 Å². The molecular formula is C24H26F4O. The number of halogens is 4. The average Bonchev–Trinajstić information content (AvgIpc) is 2.73. The summed E-state index contributed by atoms with van der Waals surface area (Å²) < 4.78 is 62.6. The zero-order chi connectivity index (χ0) is 21.0. The van der Waals surface area contributed by atoms with Crippen LogP contribution in [0.15, 0.2) is 36.4 Å². The molecule has 0 aliphatic heterocycles. The lowest BCUT2D eigenvalue weighted by molar-refractivity contribution is 0.321. The molecule has 29 heavy (non-hydrogen) atoms. The lowest BCUT2D eigenvalue weighted by atomic mass is 9.77. The predicted octanol–water partition coefficient (Wildman–Crippen LogP) is 7.55. The second-order valence-corrected chi connectivity index (χ2v) is 7.61. The van der Waals surface area contributed by atoms with Crippen molar-refractivity contribution in [3.8, 4) is 16.9 Å². The van der Waals surface area contributed by atoms with Crippen molar-refractivity contribution in [2.24, 2.45) is 5.92 Å². The van der Waals surface area contributed by atoms with E-state index in [2.05, 4.69) is 19.1 Å². The Morgan fingerprint density at radius 2 is 1.45 bits per heavy atom. The first-order chi connectivity index (χ1) is 14.0. The number of ether oxygens (including phenoxy) is 1. The number of allylic oxidation sites excluding steroid dienone is 2. The van der Waals surface area contributed by atoms with Crippen LogP contribution >= 0.6 is 0 Å². The quantitative estimate of drug-likeness (QED) is 0.355. The van der Waals surface area contributed by atoms with Gasteiger partial charge in [0, 0.05) is 11.1 Å². The molecule has 1 fully saturated rings. The van der Waals surface area contributed by atoms with Crippen LogP contribution in [0.4, 0.5) is 17.6 Å². The monoisotopic (exact) mass is 406 g/mol. The molecule has 2 aromatic rings. The first-order valence-electron chi connectivity index (χ1n) is 10.1. The Morgan fingerprint density at radius 3 is 2.07 bits per heavy atom. The summed E-state index contributed by atoms with van der Waals surface area (Å²) in [5.74, 6) is -4.33. The van der Waals surface area contributed by atoms with Gasteiger partial charge < -0.3 is 4.74 Å². The van der Waals surface area contributed by atoms with Crippen LogP contribution in [0.25, 0.3) is 11.1 Å². The SMILES string of the molecule is CC/C=C\CC1CCC(c2ccc(-c3ccc(OC)c(F)c3F)c(F)c2F)CC1. The average molecular weight is 406 g/mol. The van der Waals surface area contributed by atoms with Crippen molar-refractivity contribution in [1.29, 1.82) is 0 Å². The smallest absolute Gasteiger partial charge is 0.201 e. The van der Waals surface area contributed by atoms with Crippen LogP contribution in [0.3, 0.4) is 0 Å². The van der Waals surface area contributed by atoms with Crippen molar-refractivity contribution >= 4 is 0 Å². The van der Waals surface area contributed by atoms with Gasteiger partial charge in [-0.15, -0.1) is 0 Å². The maximum Gasteiger partial charge on any atom is 0.201 e. The highest BCUT2D eigenvalue weighted by Gasteiger charge is 2.27. The summed E-state index contributed by atoms with van der Waals surface area (Å²) in [7, 11) is 1.21. The molecule has 0 unspecified atom stereocenters. The molecule has 0 N–H and O–H groups in total. The minimum atomic E-state index is -1.25. The van der Waals surface area contributed by atoms with E-state index in [1.807, 2.05) is 0 Å². The van der Waals surface area contributed by atoms with Crippen LogP contribution in [0, 0.1) is 29.2 Å². The molecule has 5 heteroatoms. The second-order valence-electron chi connectivity index (χ2n) is 7.61. The number of rotatable bonds is 6. The molecule has 0 aromatic heterocycles. The molecule has 0 spiro atoms. The number of benzene rings is 2. The van der Waals surface area contributed by atoms with Gasteiger partial charge >= 0.3 is 0 Å². The number of methoxy groups -OCH3 is 1. The highest BCUT2D eigenvalue weighted by Crippen LogP contribution is 2.40. The molecule has 0 amide bonds. The standard InChI is InChI=1S/C24H26F4O/c1-3-4-5-6-15-7-9-16(10-8-15)17-11-12-18(22(26)21(17)25)19-13-14-20(29-2)24(28)23(19)27/h4-5,11-16H,3,6-10H2,1-2H3/b5-4-. The Morgan fingerprint density at radius 1 is 0.828 bits per heavy atom. The zero-order valence-electron chi connectivity index (χ0n) is 16.8. The molecule has 1 saturated carbocycles. The Balaban J connectivity index is 1.81. The van der Waals surface area contributed by atoms with Gasteiger partial charge in [0.1, 0.15) is 0 Å². The van der Waals surface area contributed by atoms with Crippen molar-refractivity contribution in [2.75, 3.05) is 7.11 Å². The van der Waals surface area contributed by atoms with Crippen LogP contribution in [0.5, 0.6) is 5.75 Å². The van der Waals surface area contributed by atoms with E-state index in [4.69, 9.17) is 4.74 Å². The Kier molecular flexibility index (Phi) is 6.99. The molecule has 0 atom stereocenters. The molecule has 2 aromatic carbocycles. The van der Waals surface area contributed by atoms with Crippen molar-refractivity contribution < 1.29 is 22.3 Å². The summed E-state index contributed by atoms with van der Waals surface area (Å²) in [6.07, 6.45) is 9.94. The minimum absolute atomic E-state index is 0.0533. The largest absolute Gasteiger partial charge is 0.494 e. The molecular weight excluding hydrogens is 380 g/mol. The summed E-state index contributed by atoms with van der Waals surface area (Å²) >= 11 is 0. The van der Waals surface area contributed by atoms with E-state index in [1.54, 1.807) is 0 Å². The van der Waals surface area contributed by atoms with E-state index >= 15 is 0 Å². The maximum absolute atomic E-state index is 14.8. The maximum atomic E-state index is 14.8. The van der Waals surface area contributed by atoms with Crippen molar-refractivity contribution in [3.63, 3.8) is 0 Å². The van der Waals surface area contributed by atoms with Crippen molar-refractivity contribution in [1.82, 2.24) is 0 Å². The third-order valence-corrected chi connectivity index (χ3v) is 5.83. The summed E-state index contributed by atoms with van der Waals surface area (Å²) in [6.45, 7) is 2.10. The van der Waals surface area contributed by atoms with Gasteiger partial charge in [-0.1, -0.05) is 31.2 Å². The van der Waals surface area contributed by atoms with Crippen molar-refractivity contribution in [3.05, 3.63) is 65.2 Å². The van der Waals surface area contributed by atoms with Gasteiger partial charge in [0.15, 0.2) is 23.2 Å². The molecule has 3 rings (SSSR count). The summed E-state index contributed by atoms with van der Waals surface area (Å²) in [6, 6.07) is 5.25. The van der Waals surface area contributed by atoms with Crippen LogP contribution in [-0.4, -0.2) is 7.11 Å². The van der Waals surface area contributed by atoms with E-state index in [1.165, 1.54) is 31.4 Å². The second kappa shape index (κ2) is 9.47. The van der Waals surface area contributed by atoms with Crippen LogP contribution in [-0.2, 0) is 0 Å². The van der Waals surface area contributed by atoms with E-state index < -0.39 is 23.3 Å². The first-order valence-corrected chi connectivity index (χ1v) is 10.1. The normalized spacial score (nSPS) is 19.7. The highest BCUT2D eigenvalue weighted by atomic mass is 19.2.